The fraction of sp³-hybridized carbons (Fsp3) is 0.543. The van der Waals surface area contributed by atoms with E-state index in [0.717, 1.165) is 83.1 Å². The van der Waals surface area contributed by atoms with E-state index in [4.69, 9.17) is 14.2 Å². The summed E-state index contributed by atoms with van der Waals surface area (Å²) in [5.41, 5.74) is 2.68. The summed E-state index contributed by atoms with van der Waals surface area (Å²) < 4.78 is 33.1. The first-order valence-electron chi connectivity index (χ1n) is 16.8. The topological polar surface area (TPSA) is 105 Å². The molecule has 1 saturated carbocycles. The molecule has 1 aliphatic carbocycles. The average Bonchev–Trinajstić information content (AvgIpc) is 3.03. The summed E-state index contributed by atoms with van der Waals surface area (Å²) in [6.45, 7) is 13.2. The summed E-state index contributed by atoms with van der Waals surface area (Å²) in [7, 11) is 0. The molecule has 0 bridgehead atoms. The lowest BCUT2D eigenvalue weighted by Gasteiger charge is -2.59. The van der Waals surface area contributed by atoms with Gasteiger partial charge in [-0.1, -0.05) is 0 Å². The molecule has 4 aliphatic rings. The fourth-order valence-corrected chi connectivity index (χ4v) is 7.49. The highest BCUT2D eigenvalue weighted by Crippen LogP contribution is 2.52. The summed E-state index contributed by atoms with van der Waals surface area (Å²) in [5, 5.41) is 3.43. The number of ether oxygens (including phenoxy) is 3. The van der Waals surface area contributed by atoms with Crippen molar-refractivity contribution in [2.45, 2.75) is 64.8 Å². The molecule has 3 aliphatic heterocycles. The number of hydrogen-bond donors (Lipinski definition) is 1. The second kappa shape index (κ2) is 13.3. The largest absolute Gasteiger partial charge is 0.490 e. The van der Waals surface area contributed by atoms with Crippen LogP contribution in [0.4, 0.5) is 10.2 Å². The van der Waals surface area contributed by atoms with Gasteiger partial charge in [0.2, 0.25) is 0 Å². The first kappa shape index (κ1) is 31.7. The molecule has 2 aromatic heterocycles. The zero-order chi connectivity index (χ0) is 32.5. The third-order valence-corrected chi connectivity index (χ3v) is 9.86. The number of carbonyl (C=O) groups excluding carboxylic acids is 1. The maximum absolute atomic E-state index is 14.3. The minimum absolute atomic E-state index is 0.0374. The number of pyridine rings is 1. The Hall–Kier alpha value is -3.87. The standard InChI is InChI=1S/C35H44FN7O4/c1-4-43(23(2)3)34(44)27-13-24(36)5-6-30(27)47-32-17-38-22-40-33(32)42-20-35(21-42)14-25(15-35)46-31-7-9-39-29-8-11-41(19-28(29)31)18-26-16-37-10-12-45-26/h5-7,9,13,17,22-23,25-26,37H,4,8,10-12,14-16,18-21H2,1-3H3/t26-/m1/s1. The normalized spacial score (nSPS) is 20.8. The van der Waals surface area contributed by atoms with Crippen LogP contribution in [0.5, 0.6) is 17.2 Å². The number of aromatic nitrogens is 3. The Morgan fingerprint density at radius 1 is 1.19 bits per heavy atom. The van der Waals surface area contributed by atoms with Crippen molar-refractivity contribution in [1.82, 2.24) is 30.1 Å². The molecule has 1 atom stereocenters. The zero-order valence-electron chi connectivity index (χ0n) is 27.5. The lowest BCUT2D eigenvalue weighted by molar-refractivity contribution is -0.0356. The van der Waals surface area contributed by atoms with Crippen LogP contribution in [0.1, 0.15) is 55.2 Å². The molecule has 250 valence electrons. The SMILES string of the molecule is CCN(C(=O)c1cc(F)ccc1Oc1cncnc1N1CC2(CC(Oc3ccnc4c3CN(C[C@H]3CNCCO3)CC4)C2)C1)C(C)C. The van der Waals surface area contributed by atoms with Crippen molar-refractivity contribution in [2.24, 2.45) is 5.41 Å². The van der Waals surface area contributed by atoms with Gasteiger partial charge in [-0.15, -0.1) is 0 Å². The first-order chi connectivity index (χ1) is 22.8. The number of amides is 1. The molecule has 3 aromatic rings. The molecule has 12 heteroatoms. The third-order valence-electron chi connectivity index (χ3n) is 9.86. The fourth-order valence-electron chi connectivity index (χ4n) is 7.49. The summed E-state index contributed by atoms with van der Waals surface area (Å²) in [5.74, 6) is 1.56. The molecule has 1 aromatic carbocycles. The van der Waals surface area contributed by atoms with Crippen LogP contribution >= 0.6 is 0 Å². The summed E-state index contributed by atoms with van der Waals surface area (Å²) in [6, 6.07) is 6.01. The monoisotopic (exact) mass is 645 g/mol. The second-order valence-electron chi connectivity index (χ2n) is 13.6. The van der Waals surface area contributed by atoms with E-state index in [2.05, 4.69) is 30.1 Å². The van der Waals surface area contributed by atoms with E-state index in [1.807, 2.05) is 33.0 Å². The van der Waals surface area contributed by atoms with E-state index < -0.39 is 5.82 Å². The van der Waals surface area contributed by atoms with Crippen molar-refractivity contribution in [2.75, 3.05) is 57.3 Å². The van der Waals surface area contributed by atoms with E-state index in [9.17, 15) is 9.18 Å². The van der Waals surface area contributed by atoms with Crippen LogP contribution in [-0.2, 0) is 17.7 Å². The van der Waals surface area contributed by atoms with Crippen molar-refractivity contribution in [3.63, 3.8) is 0 Å². The van der Waals surface area contributed by atoms with Gasteiger partial charge in [0.15, 0.2) is 11.6 Å². The van der Waals surface area contributed by atoms with Crippen molar-refractivity contribution in [1.29, 1.82) is 0 Å². The van der Waals surface area contributed by atoms with E-state index in [0.29, 0.717) is 18.1 Å². The number of halogens is 1. The third kappa shape index (κ3) is 6.63. The number of nitrogens with zero attached hydrogens (tertiary/aromatic N) is 6. The molecule has 0 radical (unpaired) electrons. The Labute approximate surface area is 275 Å². The minimum Gasteiger partial charge on any atom is -0.490 e. The molecule has 11 nitrogen and oxygen atoms in total. The number of carbonyl (C=O) groups is 1. The Morgan fingerprint density at radius 2 is 2.04 bits per heavy atom. The minimum atomic E-state index is -0.493. The number of anilines is 1. The zero-order valence-corrected chi connectivity index (χ0v) is 27.5. The van der Waals surface area contributed by atoms with Gasteiger partial charge in [0, 0.05) is 87.7 Å². The lowest BCUT2D eigenvalue weighted by Crippen LogP contribution is -2.65. The second-order valence-corrected chi connectivity index (χ2v) is 13.6. The van der Waals surface area contributed by atoms with E-state index >= 15 is 0 Å². The van der Waals surface area contributed by atoms with Gasteiger partial charge in [-0.05, 0) is 57.9 Å². The number of rotatable bonds is 10. The molecular formula is C35H44FN7O4. The van der Waals surface area contributed by atoms with Gasteiger partial charge in [-0.25, -0.2) is 14.4 Å². The first-order valence-corrected chi connectivity index (χ1v) is 16.8. The predicted octanol–water partition coefficient (Wildman–Crippen LogP) is 4.07. The van der Waals surface area contributed by atoms with Gasteiger partial charge in [-0.3, -0.25) is 14.7 Å². The molecule has 1 N–H and O–H groups in total. The van der Waals surface area contributed by atoms with Crippen LogP contribution in [0.2, 0.25) is 0 Å². The van der Waals surface area contributed by atoms with Crippen LogP contribution in [0.3, 0.4) is 0 Å². The molecule has 3 fully saturated rings. The van der Waals surface area contributed by atoms with Gasteiger partial charge in [0.05, 0.1) is 24.5 Å². The Balaban J connectivity index is 0.978. The highest BCUT2D eigenvalue weighted by atomic mass is 19.1. The highest BCUT2D eigenvalue weighted by Gasteiger charge is 2.54. The number of nitrogens with one attached hydrogen (secondary N) is 1. The predicted molar refractivity (Wildman–Crippen MR) is 174 cm³/mol. The van der Waals surface area contributed by atoms with Gasteiger partial charge in [-0.2, -0.15) is 0 Å². The molecule has 5 heterocycles. The Bertz CT molecular complexity index is 1590. The van der Waals surface area contributed by atoms with Crippen molar-refractivity contribution >= 4 is 11.7 Å². The van der Waals surface area contributed by atoms with Crippen molar-refractivity contribution in [3.8, 4) is 17.2 Å². The number of morpholine rings is 1. The smallest absolute Gasteiger partial charge is 0.257 e. The Morgan fingerprint density at radius 3 is 2.81 bits per heavy atom. The lowest BCUT2D eigenvalue weighted by atomic mass is 9.61. The molecule has 2 saturated heterocycles. The maximum atomic E-state index is 14.3. The van der Waals surface area contributed by atoms with Gasteiger partial charge in [0.1, 0.15) is 29.7 Å². The van der Waals surface area contributed by atoms with Crippen LogP contribution in [0.15, 0.2) is 43.0 Å². The highest BCUT2D eigenvalue weighted by molar-refractivity contribution is 5.97. The average molecular weight is 646 g/mol. The molecular weight excluding hydrogens is 601 g/mol. The van der Waals surface area contributed by atoms with E-state index in [1.165, 1.54) is 30.1 Å². The van der Waals surface area contributed by atoms with Gasteiger partial charge in [0.25, 0.3) is 5.91 Å². The number of benzene rings is 1. The van der Waals surface area contributed by atoms with Gasteiger partial charge >= 0.3 is 0 Å². The van der Waals surface area contributed by atoms with Crippen LogP contribution < -0.4 is 19.7 Å². The van der Waals surface area contributed by atoms with Crippen molar-refractivity contribution < 1.29 is 23.4 Å². The Kier molecular flexibility index (Phi) is 8.99. The number of fused-ring (bicyclic) bond motifs is 1. The summed E-state index contributed by atoms with van der Waals surface area (Å²) in [4.78, 5) is 33.1. The summed E-state index contributed by atoms with van der Waals surface area (Å²) >= 11 is 0. The van der Waals surface area contributed by atoms with E-state index in [-0.39, 0.29) is 40.9 Å². The summed E-state index contributed by atoms with van der Waals surface area (Å²) in [6.07, 6.45) is 8.19. The maximum Gasteiger partial charge on any atom is 0.257 e. The van der Waals surface area contributed by atoms with Crippen LogP contribution in [-0.4, -0.2) is 101 Å². The molecule has 7 rings (SSSR count). The van der Waals surface area contributed by atoms with Gasteiger partial charge < -0.3 is 29.3 Å². The molecule has 0 unspecified atom stereocenters. The molecule has 1 amide bonds. The van der Waals surface area contributed by atoms with Crippen LogP contribution in [0, 0.1) is 11.2 Å². The van der Waals surface area contributed by atoms with Crippen molar-refractivity contribution in [3.05, 3.63) is 65.6 Å². The van der Waals surface area contributed by atoms with Crippen LogP contribution in [0.25, 0.3) is 0 Å². The molecule has 1 spiro atoms. The number of hydrogen-bond acceptors (Lipinski definition) is 10. The van der Waals surface area contributed by atoms with E-state index in [1.54, 1.807) is 11.1 Å². The quantitative estimate of drug-likeness (QED) is 0.347. The molecule has 47 heavy (non-hydrogen) atoms.